The average molecular weight is 234 g/mol. The number of benzene rings is 1. The fourth-order valence-corrected chi connectivity index (χ4v) is 1.20. The van der Waals surface area contributed by atoms with Crippen molar-refractivity contribution in [3.8, 4) is 0 Å². The van der Waals surface area contributed by atoms with Crippen molar-refractivity contribution >= 4 is 34.9 Å². The van der Waals surface area contributed by atoms with Gasteiger partial charge in [-0.15, -0.1) is 0 Å². The van der Waals surface area contributed by atoms with Crippen LogP contribution in [0.1, 0.15) is 0 Å². The maximum Gasteiger partial charge on any atom is 0.335 e. The van der Waals surface area contributed by atoms with Gasteiger partial charge in [0.15, 0.2) is 0 Å². The van der Waals surface area contributed by atoms with Crippen molar-refractivity contribution < 1.29 is 4.79 Å². The Hall–Kier alpha value is -0.970. The fourth-order valence-electron chi connectivity index (χ4n) is 0.908. The molecule has 2 amide bonds. The van der Waals surface area contributed by atoms with E-state index in [2.05, 4.69) is 0 Å². The van der Waals surface area contributed by atoms with Crippen LogP contribution in [0.15, 0.2) is 18.2 Å². The summed E-state index contributed by atoms with van der Waals surface area (Å²) in [4.78, 5) is 12.4. The lowest BCUT2D eigenvalue weighted by Crippen LogP contribution is -2.41. The van der Waals surface area contributed by atoms with Gasteiger partial charge < -0.3 is 0 Å². The lowest BCUT2D eigenvalue weighted by Gasteiger charge is -2.16. The number of rotatable bonds is 1. The van der Waals surface area contributed by atoms with E-state index in [0.717, 1.165) is 0 Å². The summed E-state index contributed by atoms with van der Waals surface area (Å²) in [6.45, 7) is 0. The molecule has 1 rings (SSSR count). The number of anilines is 1. The first-order chi connectivity index (χ1) is 6.56. The molecule has 0 atom stereocenters. The van der Waals surface area contributed by atoms with Gasteiger partial charge in [0.05, 0.1) is 10.0 Å². The van der Waals surface area contributed by atoms with E-state index in [-0.39, 0.29) is 0 Å². The predicted molar refractivity (Wildman–Crippen MR) is 57.6 cm³/mol. The summed E-state index contributed by atoms with van der Waals surface area (Å²) < 4.78 is 0. The lowest BCUT2D eigenvalue weighted by molar-refractivity contribution is 0.247. The zero-order valence-electron chi connectivity index (χ0n) is 7.42. The van der Waals surface area contributed by atoms with E-state index in [0.29, 0.717) is 15.7 Å². The Balaban J connectivity index is 2.96. The molecule has 3 N–H and O–H groups in total. The second kappa shape index (κ2) is 4.50. The van der Waals surface area contributed by atoms with Crippen molar-refractivity contribution in [3.63, 3.8) is 0 Å². The minimum atomic E-state index is -0.427. The smallest absolute Gasteiger partial charge is 0.296 e. The molecule has 0 heterocycles. The van der Waals surface area contributed by atoms with E-state index in [1.54, 1.807) is 25.2 Å². The van der Waals surface area contributed by atoms with E-state index in [1.807, 2.05) is 5.43 Å². The second-order valence-electron chi connectivity index (χ2n) is 2.61. The first-order valence-corrected chi connectivity index (χ1v) is 4.51. The van der Waals surface area contributed by atoms with E-state index < -0.39 is 6.03 Å². The van der Waals surface area contributed by atoms with Gasteiger partial charge in [0.2, 0.25) is 0 Å². The van der Waals surface area contributed by atoms with Gasteiger partial charge in [-0.1, -0.05) is 23.2 Å². The molecule has 0 saturated heterocycles. The third-order valence-corrected chi connectivity index (χ3v) is 2.46. The average Bonchev–Trinajstić information content (AvgIpc) is 2.20. The molecule has 0 aromatic heterocycles. The van der Waals surface area contributed by atoms with Crippen LogP contribution >= 0.6 is 23.2 Å². The number of nitrogens with one attached hydrogen (secondary N) is 1. The summed E-state index contributed by atoms with van der Waals surface area (Å²) in [5, 5.41) is 0.831. The highest BCUT2D eigenvalue weighted by molar-refractivity contribution is 6.42. The Morgan fingerprint density at radius 1 is 1.43 bits per heavy atom. The number of amides is 2. The van der Waals surface area contributed by atoms with E-state index in [9.17, 15) is 4.79 Å². The molecule has 0 fully saturated rings. The van der Waals surface area contributed by atoms with Crippen molar-refractivity contribution in [2.45, 2.75) is 0 Å². The van der Waals surface area contributed by atoms with Crippen LogP contribution in [-0.4, -0.2) is 13.1 Å². The predicted octanol–water partition coefficient (Wildman–Crippen LogP) is 2.01. The topological polar surface area (TPSA) is 58.4 Å². The number of nitrogens with zero attached hydrogens (tertiary/aromatic N) is 1. The van der Waals surface area contributed by atoms with Crippen LogP contribution in [0.5, 0.6) is 0 Å². The monoisotopic (exact) mass is 233 g/mol. The van der Waals surface area contributed by atoms with Crippen molar-refractivity contribution in [2.75, 3.05) is 11.9 Å². The Morgan fingerprint density at radius 3 is 2.57 bits per heavy atom. The number of urea groups is 1. The third-order valence-electron chi connectivity index (χ3n) is 1.72. The Kier molecular flexibility index (Phi) is 3.57. The first kappa shape index (κ1) is 11.1. The molecule has 0 aliphatic carbocycles. The van der Waals surface area contributed by atoms with Crippen LogP contribution in [0.25, 0.3) is 0 Å². The van der Waals surface area contributed by atoms with Crippen LogP contribution in [0, 0.1) is 0 Å². The van der Waals surface area contributed by atoms with E-state index >= 15 is 0 Å². The van der Waals surface area contributed by atoms with E-state index in [4.69, 9.17) is 29.0 Å². The molecular formula is C8H9Cl2N3O. The van der Waals surface area contributed by atoms with Crippen molar-refractivity contribution in [1.82, 2.24) is 5.43 Å². The minimum Gasteiger partial charge on any atom is -0.296 e. The molecule has 6 heteroatoms. The molecule has 0 aliphatic rings. The maximum atomic E-state index is 11.1. The summed E-state index contributed by atoms with van der Waals surface area (Å²) in [7, 11) is 1.57. The Labute approximate surface area is 91.5 Å². The molecule has 0 aliphatic heterocycles. The van der Waals surface area contributed by atoms with Crippen molar-refractivity contribution in [3.05, 3.63) is 28.2 Å². The molecular weight excluding hydrogens is 225 g/mol. The number of carbonyl (C=O) groups excluding carboxylic acids is 1. The molecule has 14 heavy (non-hydrogen) atoms. The summed E-state index contributed by atoms with van der Waals surface area (Å²) in [5.41, 5.74) is 2.62. The van der Waals surface area contributed by atoms with Gasteiger partial charge in [-0.2, -0.15) is 0 Å². The summed E-state index contributed by atoms with van der Waals surface area (Å²) in [5.74, 6) is 4.98. The van der Waals surface area contributed by atoms with Crippen molar-refractivity contribution in [1.29, 1.82) is 0 Å². The summed E-state index contributed by atoms with van der Waals surface area (Å²) >= 11 is 11.5. The minimum absolute atomic E-state index is 0.390. The molecule has 0 radical (unpaired) electrons. The number of hydrazine groups is 1. The molecule has 0 saturated carbocycles. The van der Waals surface area contributed by atoms with Gasteiger partial charge in [0.1, 0.15) is 0 Å². The molecule has 1 aromatic rings. The fraction of sp³-hybridized carbons (Fsp3) is 0.125. The molecule has 0 unspecified atom stereocenters. The third kappa shape index (κ3) is 2.29. The number of halogens is 2. The highest BCUT2D eigenvalue weighted by Gasteiger charge is 2.09. The number of hydrogen-bond acceptors (Lipinski definition) is 2. The quantitative estimate of drug-likeness (QED) is 0.443. The van der Waals surface area contributed by atoms with Gasteiger partial charge in [-0.25, -0.2) is 10.6 Å². The normalized spacial score (nSPS) is 9.71. The zero-order valence-corrected chi connectivity index (χ0v) is 8.93. The number of carbonyl (C=O) groups is 1. The first-order valence-electron chi connectivity index (χ1n) is 3.75. The van der Waals surface area contributed by atoms with E-state index in [1.165, 1.54) is 4.90 Å². The summed E-state index contributed by atoms with van der Waals surface area (Å²) in [6, 6.07) is 4.44. The van der Waals surface area contributed by atoms with Gasteiger partial charge in [-0.05, 0) is 18.2 Å². The van der Waals surface area contributed by atoms with Crippen LogP contribution in [-0.2, 0) is 0 Å². The van der Waals surface area contributed by atoms with Gasteiger partial charge in [0.25, 0.3) is 0 Å². The van der Waals surface area contributed by atoms with Crippen LogP contribution < -0.4 is 16.2 Å². The molecule has 0 spiro atoms. The highest BCUT2D eigenvalue weighted by atomic mass is 35.5. The number of nitrogens with two attached hydrogens (primary N) is 1. The van der Waals surface area contributed by atoms with Crippen molar-refractivity contribution in [2.24, 2.45) is 5.84 Å². The van der Waals surface area contributed by atoms with Crippen LogP contribution in [0.3, 0.4) is 0 Å². The van der Waals surface area contributed by atoms with Gasteiger partial charge >= 0.3 is 6.03 Å². The SMILES string of the molecule is CN(C(=O)NN)c1ccc(Cl)c(Cl)c1. The second-order valence-corrected chi connectivity index (χ2v) is 3.42. The number of hydrogen-bond donors (Lipinski definition) is 2. The lowest BCUT2D eigenvalue weighted by atomic mass is 10.3. The Bertz CT molecular complexity index is 356. The summed E-state index contributed by atoms with van der Waals surface area (Å²) in [6.07, 6.45) is 0. The maximum absolute atomic E-state index is 11.1. The molecule has 1 aromatic carbocycles. The zero-order chi connectivity index (χ0) is 10.7. The van der Waals surface area contributed by atoms with Gasteiger partial charge in [0, 0.05) is 12.7 Å². The van der Waals surface area contributed by atoms with Gasteiger partial charge in [-0.3, -0.25) is 10.3 Å². The van der Waals surface area contributed by atoms with Crippen LogP contribution in [0.2, 0.25) is 10.0 Å². The van der Waals surface area contributed by atoms with Crippen LogP contribution in [0.4, 0.5) is 10.5 Å². The standard InChI is InChI=1S/C8H9Cl2N3O/c1-13(8(14)12-11)5-2-3-6(9)7(10)4-5/h2-4H,11H2,1H3,(H,12,14). The molecule has 0 bridgehead atoms. The largest absolute Gasteiger partial charge is 0.335 e. The molecule has 76 valence electrons. The highest BCUT2D eigenvalue weighted by Crippen LogP contribution is 2.26. The Morgan fingerprint density at radius 2 is 2.07 bits per heavy atom. The molecule has 4 nitrogen and oxygen atoms in total.